The molecule has 0 saturated carbocycles. The number of hydrogen-bond donors (Lipinski definition) is 1. The van der Waals surface area contributed by atoms with Gasteiger partial charge in [0.2, 0.25) is 0 Å². The smallest absolute Gasteiger partial charge is 0.311 e. The Morgan fingerprint density at radius 2 is 2.10 bits per heavy atom. The number of carboxylic acid groups (broad SMARTS) is 1. The van der Waals surface area contributed by atoms with Crippen molar-refractivity contribution in [1.82, 2.24) is 4.90 Å². The second-order valence-electron chi connectivity index (χ2n) is 5.72. The van der Waals surface area contributed by atoms with E-state index >= 15 is 0 Å². The lowest BCUT2D eigenvalue weighted by Crippen LogP contribution is -2.40. The normalized spacial score (nSPS) is 21.9. The number of nitrogens with zero attached hydrogens (tertiary/aromatic N) is 1. The minimum absolute atomic E-state index is 0.00727. The molecule has 114 valence electrons. The van der Waals surface area contributed by atoms with Crippen molar-refractivity contribution < 1.29 is 14.7 Å². The average Bonchev–Trinajstić information content (AvgIpc) is 2.87. The van der Waals surface area contributed by atoms with E-state index in [1.165, 1.54) is 0 Å². The summed E-state index contributed by atoms with van der Waals surface area (Å²) in [7, 11) is 0. The fourth-order valence-electron chi connectivity index (χ4n) is 2.73. The van der Waals surface area contributed by atoms with Crippen LogP contribution in [0, 0.1) is 14.9 Å². The van der Waals surface area contributed by atoms with Gasteiger partial charge in [-0.3, -0.25) is 9.59 Å². The zero-order valence-corrected chi connectivity index (χ0v) is 15.6. The standard InChI is InChI=1S/C15H17BrINO3/c1-9(2)15(14(20)21)5-6-18(8-15)13(19)11-7-10(17)3-4-12(11)16/h3-4,7,9H,5-6,8H2,1-2H3,(H,20,21). The molecule has 0 spiro atoms. The largest absolute Gasteiger partial charge is 0.481 e. The van der Waals surface area contributed by atoms with Crippen LogP contribution in [0.2, 0.25) is 0 Å². The first kappa shape index (κ1) is 16.7. The Kier molecular flexibility index (Phi) is 4.97. The van der Waals surface area contributed by atoms with E-state index in [4.69, 9.17) is 0 Å². The number of carbonyl (C=O) groups is 2. The number of benzene rings is 1. The van der Waals surface area contributed by atoms with Crippen LogP contribution in [-0.2, 0) is 4.79 Å². The zero-order valence-electron chi connectivity index (χ0n) is 11.9. The molecule has 0 radical (unpaired) electrons. The monoisotopic (exact) mass is 465 g/mol. The molecule has 1 aromatic rings. The predicted octanol–water partition coefficient (Wildman–Crippen LogP) is 3.63. The van der Waals surface area contributed by atoms with E-state index in [2.05, 4.69) is 38.5 Å². The Bertz CT molecular complexity index is 590. The topological polar surface area (TPSA) is 57.6 Å². The van der Waals surface area contributed by atoms with E-state index in [9.17, 15) is 14.7 Å². The predicted molar refractivity (Wildman–Crippen MR) is 92.3 cm³/mol. The van der Waals surface area contributed by atoms with E-state index in [0.29, 0.717) is 18.5 Å². The minimum atomic E-state index is -0.829. The number of carbonyl (C=O) groups excluding carboxylic acids is 1. The van der Waals surface area contributed by atoms with Crippen LogP contribution in [0.15, 0.2) is 22.7 Å². The molecule has 4 nitrogen and oxygen atoms in total. The van der Waals surface area contributed by atoms with Crippen molar-refractivity contribution in [3.63, 3.8) is 0 Å². The van der Waals surface area contributed by atoms with Crippen LogP contribution in [0.25, 0.3) is 0 Å². The number of carboxylic acids is 1. The van der Waals surface area contributed by atoms with E-state index < -0.39 is 11.4 Å². The summed E-state index contributed by atoms with van der Waals surface area (Å²) >= 11 is 5.56. The summed E-state index contributed by atoms with van der Waals surface area (Å²) in [6.45, 7) is 4.57. The van der Waals surface area contributed by atoms with Crippen LogP contribution in [0.5, 0.6) is 0 Å². The number of amides is 1. The summed E-state index contributed by atoms with van der Waals surface area (Å²) in [4.78, 5) is 26.0. The van der Waals surface area contributed by atoms with Gasteiger partial charge in [-0.05, 0) is 69.1 Å². The maximum atomic E-state index is 12.7. The number of aliphatic carboxylic acids is 1. The SMILES string of the molecule is CC(C)C1(C(=O)O)CCN(C(=O)c2cc(I)ccc2Br)C1. The van der Waals surface area contributed by atoms with Gasteiger partial charge >= 0.3 is 5.97 Å². The van der Waals surface area contributed by atoms with Gasteiger partial charge in [0.15, 0.2) is 0 Å². The van der Waals surface area contributed by atoms with Gasteiger partial charge in [0.25, 0.3) is 5.91 Å². The Morgan fingerprint density at radius 1 is 1.43 bits per heavy atom. The third-order valence-corrected chi connectivity index (χ3v) is 5.64. The van der Waals surface area contributed by atoms with Crippen LogP contribution in [0.1, 0.15) is 30.6 Å². The lowest BCUT2D eigenvalue weighted by molar-refractivity contribution is -0.150. The van der Waals surface area contributed by atoms with Crippen molar-refractivity contribution in [3.8, 4) is 0 Å². The molecular weight excluding hydrogens is 449 g/mol. The summed E-state index contributed by atoms with van der Waals surface area (Å²) in [5.41, 5.74) is -0.240. The quantitative estimate of drug-likeness (QED) is 0.693. The van der Waals surface area contributed by atoms with Crippen LogP contribution >= 0.6 is 38.5 Å². The second kappa shape index (κ2) is 6.24. The average molecular weight is 466 g/mol. The molecule has 2 rings (SSSR count). The lowest BCUT2D eigenvalue weighted by Gasteiger charge is -2.28. The summed E-state index contributed by atoms with van der Waals surface area (Å²) in [6.07, 6.45) is 0.507. The van der Waals surface area contributed by atoms with E-state index in [1.54, 1.807) is 4.90 Å². The number of halogens is 2. The number of hydrogen-bond acceptors (Lipinski definition) is 2. The van der Waals surface area contributed by atoms with Crippen LogP contribution in [-0.4, -0.2) is 35.0 Å². The van der Waals surface area contributed by atoms with Crippen molar-refractivity contribution in [2.24, 2.45) is 11.3 Å². The Labute approximate surface area is 146 Å². The number of rotatable bonds is 3. The molecule has 0 aromatic heterocycles. The highest BCUT2D eigenvalue weighted by molar-refractivity contribution is 14.1. The molecule has 1 unspecified atom stereocenters. The molecule has 1 heterocycles. The second-order valence-corrected chi connectivity index (χ2v) is 7.82. The molecule has 21 heavy (non-hydrogen) atoms. The summed E-state index contributed by atoms with van der Waals surface area (Å²) in [5.74, 6) is -0.925. The molecule has 1 aromatic carbocycles. The summed E-state index contributed by atoms with van der Waals surface area (Å²) in [6, 6.07) is 5.59. The fraction of sp³-hybridized carbons (Fsp3) is 0.467. The van der Waals surface area contributed by atoms with E-state index in [1.807, 2.05) is 32.0 Å². The van der Waals surface area contributed by atoms with Crippen LogP contribution in [0.4, 0.5) is 0 Å². The maximum absolute atomic E-state index is 12.7. The maximum Gasteiger partial charge on any atom is 0.311 e. The summed E-state index contributed by atoms with van der Waals surface area (Å²) in [5, 5.41) is 9.55. The van der Waals surface area contributed by atoms with Gasteiger partial charge in [-0.15, -0.1) is 0 Å². The lowest BCUT2D eigenvalue weighted by atomic mass is 9.76. The highest BCUT2D eigenvalue weighted by atomic mass is 127. The van der Waals surface area contributed by atoms with Gasteiger partial charge in [0.1, 0.15) is 0 Å². The molecule has 0 aliphatic carbocycles. The van der Waals surface area contributed by atoms with Gasteiger partial charge in [0.05, 0.1) is 11.0 Å². The Hall–Kier alpha value is -0.630. The first-order valence-corrected chi connectivity index (χ1v) is 8.63. The van der Waals surface area contributed by atoms with Gasteiger partial charge < -0.3 is 10.0 Å². The molecule has 1 N–H and O–H groups in total. The molecule has 1 amide bonds. The van der Waals surface area contributed by atoms with Crippen molar-refractivity contribution in [2.45, 2.75) is 20.3 Å². The molecular formula is C15H17BrINO3. The van der Waals surface area contributed by atoms with Crippen molar-refractivity contribution in [3.05, 3.63) is 31.8 Å². The number of likely N-dealkylation sites (tertiary alicyclic amines) is 1. The van der Waals surface area contributed by atoms with Gasteiger partial charge in [-0.1, -0.05) is 13.8 Å². The minimum Gasteiger partial charge on any atom is -0.481 e. The van der Waals surface area contributed by atoms with E-state index in [0.717, 1.165) is 8.04 Å². The van der Waals surface area contributed by atoms with Gasteiger partial charge in [0, 0.05) is 21.1 Å². The molecule has 6 heteroatoms. The first-order valence-electron chi connectivity index (χ1n) is 6.75. The fourth-order valence-corrected chi connectivity index (χ4v) is 3.64. The van der Waals surface area contributed by atoms with E-state index in [-0.39, 0.29) is 18.4 Å². The first-order chi connectivity index (χ1) is 9.78. The van der Waals surface area contributed by atoms with Crippen LogP contribution in [0.3, 0.4) is 0 Å². The highest BCUT2D eigenvalue weighted by Gasteiger charge is 2.48. The Balaban J connectivity index is 2.27. The zero-order chi connectivity index (χ0) is 15.8. The molecule has 1 atom stereocenters. The highest BCUT2D eigenvalue weighted by Crippen LogP contribution is 2.39. The third-order valence-electron chi connectivity index (χ3n) is 4.28. The molecule has 1 saturated heterocycles. The third kappa shape index (κ3) is 3.11. The molecule has 1 aliphatic heterocycles. The van der Waals surface area contributed by atoms with Crippen molar-refractivity contribution in [1.29, 1.82) is 0 Å². The van der Waals surface area contributed by atoms with Crippen LogP contribution < -0.4 is 0 Å². The van der Waals surface area contributed by atoms with Crippen molar-refractivity contribution >= 4 is 50.4 Å². The summed E-state index contributed by atoms with van der Waals surface area (Å²) < 4.78 is 1.72. The van der Waals surface area contributed by atoms with Gasteiger partial charge in [-0.25, -0.2) is 0 Å². The molecule has 1 aliphatic rings. The van der Waals surface area contributed by atoms with Crippen molar-refractivity contribution in [2.75, 3.05) is 13.1 Å². The van der Waals surface area contributed by atoms with Gasteiger partial charge in [-0.2, -0.15) is 0 Å². The molecule has 0 bridgehead atoms. The Morgan fingerprint density at radius 3 is 2.62 bits per heavy atom. The molecule has 1 fully saturated rings.